The quantitative estimate of drug-likeness (QED) is 0.597. The molecule has 0 radical (unpaired) electrons. The predicted octanol–water partition coefficient (Wildman–Crippen LogP) is 4.02. The zero-order valence-corrected chi connectivity index (χ0v) is 22.2. The van der Waals surface area contributed by atoms with Crippen LogP contribution in [0.1, 0.15) is 68.9 Å². The topological polar surface area (TPSA) is 110 Å². The third-order valence-corrected chi connectivity index (χ3v) is 7.53. The zero-order valence-electron chi connectivity index (χ0n) is 21.5. The van der Waals surface area contributed by atoms with Gasteiger partial charge in [0.1, 0.15) is 18.0 Å². The molecule has 2 aliphatic rings. The first-order valence-corrected chi connectivity index (χ1v) is 12.8. The summed E-state index contributed by atoms with van der Waals surface area (Å²) >= 11 is 5.87. The number of anilines is 1. The van der Waals surface area contributed by atoms with E-state index in [9.17, 15) is 24.2 Å². The van der Waals surface area contributed by atoms with E-state index >= 15 is 0 Å². The molecular weight excluding hydrogens is 501 g/mol. The van der Waals surface area contributed by atoms with Gasteiger partial charge in [-0.05, 0) is 50.8 Å². The molecule has 1 aliphatic carbocycles. The Morgan fingerprint density at radius 3 is 2.49 bits per heavy atom. The minimum atomic E-state index is -1.15. The summed E-state index contributed by atoms with van der Waals surface area (Å²) in [6.07, 6.45) is 0.311. The largest absolute Gasteiger partial charge is 0.465 e. The van der Waals surface area contributed by atoms with Gasteiger partial charge in [0.2, 0.25) is 5.91 Å². The molecule has 1 aliphatic heterocycles. The highest BCUT2D eigenvalue weighted by Crippen LogP contribution is 2.42. The molecule has 0 saturated carbocycles. The third-order valence-electron chi connectivity index (χ3n) is 7.22. The first-order valence-electron chi connectivity index (χ1n) is 12.4. The molecule has 9 nitrogen and oxygen atoms in total. The Hall–Kier alpha value is -2.98. The van der Waals surface area contributed by atoms with Gasteiger partial charge in [0, 0.05) is 43.8 Å². The molecule has 2 amide bonds. The average Bonchev–Trinajstić information content (AvgIpc) is 3.14. The van der Waals surface area contributed by atoms with Crippen LogP contribution in [0.5, 0.6) is 0 Å². The highest BCUT2D eigenvalue weighted by molar-refractivity contribution is 6.30. The van der Waals surface area contributed by atoms with Crippen LogP contribution in [0.3, 0.4) is 0 Å². The first kappa shape index (κ1) is 27.1. The Balaban J connectivity index is 1.56. The molecule has 2 N–H and O–H groups in total. The summed E-state index contributed by atoms with van der Waals surface area (Å²) in [4.78, 5) is 39.6. The van der Waals surface area contributed by atoms with Crippen molar-refractivity contribution in [1.82, 2.24) is 19.8 Å². The number of carboxylic acid groups (broad SMARTS) is 1. The summed E-state index contributed by atoms with van der Waals surface area (Å²) in [5.74, 6) is -0.916. The van der Waals surface area contributed by atoms with Gasteiger partial charge in [-0.25, -0.2) is 19.2 Å². The van der Waals surface area contributed by atoms with E-state index in [2.05, 4.69) is 14.9 Å². The number of amides is 2. The number of hydrogen-bond acceptors (Lipinski definition) is 6. The Morgan fingerprint density at radius 2 is 1.89 bits per heavy atom. The van der Waals surface area contributed by atoms with Gasteiger partial charge in [-0.2, -0.15) is 0 Å². The van der Waals surface area contributed by atoms with Crippen LogP contribution < -0.4 is 4.90 Å². The van der Waals surface area contributed by atoms with Gasteiger partial charge in [-0.1, -0.05) is 24.6 Å². The second-order valence-electron chi connectivity index (χ2n) is 10.8. The molecule has 1 saturated heterocycles. The lowest BCUT2D eigenvalue weighted by atomic mass is 9.94. The molecule has 4 rings (SSSR count). The molecule has 1 fully saturated rings. The van der Waals surface area contributed by atoms with Gasteiger partial charge in [-0.3, -0.25) is 4.79 Å². The SMILES string of the molecule is C[C@@H]1C[C@H](O)c2ncnc(N3CCN(C(=O)[C@H](CN(C(=O)O)C(C)(C)C)c4ccc(Cl)c(F)c4)CC3)c21. The number of fused-ring (bicyclic) bond motifs is 1. The monoisotopic (exact) mass is 533 g/mol. The molecule has 37 heavy (non-hydrogen) atoms. The Kier molecular flexibility index (Phi) is 7.62. The fourth-order valence-corrected chi connectivity index (χ4v) is 5.31. The van der Waals surface area contributed by atoms with Crippen LogP contribution >= 0.6 is 11.6 Å². The number of hydrogen-bond donors (Lipinski definition) is 2. The number of nitrogens with zero attached hydrogens (tertiary/aromatic N) is 5. The second-order valence-corrected chi connectivity index (χ2v) is 11.2. The van der Waals surface area contributed by atoms with Crippen LogP contribution in [-0.2, 0) is 4.79 Å². The normalized spacial score (nSPS) is 20.5. The van der Waals surface area contributed by atoms with Crippen LogP contribution in [0.2, 0.25) is 5.02 Å². The van der Waals surface area contributed by atoms with Crippen molar-refractivity contribution >= 4 is 29.4 Å². The van der Waals surface area contributed by atoms with E-state index in [1.807, 2.05) is 6.92 Å². The van der Waals surface area contributed by atoms with E-state index in [1.165, 1.54) is 23.4 Å². The summed E-state index contributed by atoms with van der Waals surface area (Å²) in [5, 5.41) is 20.1. The second kappa shape index (κ2) is 10.4. The maximum absolute atomic E-state index is 14.4. The minimum absolute atomic E-state index is 0.0637. The molecular formula is C26H33ClFN5O4. The fourth-order valence-electron chi connectivity index (χ4n) is 5.19. The van der Waals surface area contributed by atoms with Gasteiger partial charge < -0.3 is 24.9 Å². The first-order chi connectivity index (χ1) is 17.4. The molecule has 1 aromatic heterocycles. The average molecular weight is 534 g/mol. The summed E-state index contributed by atoms with van der Waals surface area (Å²) < 4.78 is 14.4. The molecule has 0 spiro atoms. The maximum Gasteiger partial charge on any atom is 0.407 e. The van der Waals surface area contributed by atoms with Crippen molar-refractivity contribution < 1.29 is 24.2 Å². The smallest absolute Gasteiger partial charge is 0.407 e. The summed E-state index contributed by atoms with van der Waals surface area (Å²) in [6.45, 7) is 9.00. The number of carbonyl (C=O) groups is 2. The van der Waals surface area contributed by atoms with Crippen molar-refractivity contribution in [3.05, 3.63) is 52.2 Å². The molecule has 0 bridgehead atoms. The van der Waals surface area contributed by atoms with Crippen molar-refractivity contribution in [2.45, 2.75) is 57.6 Å². The fraction of sp³-hybridized carbons (Fsp3) is 0.538. The van der Waals surface area contributed by atoms with E-state index < -0.39 is 29.5 Å². The van der Waals surface area contributed by atoms with Crippen LogP contribution in [0.15, 0.2) is 24.5 Å². The van der Waals surface area contributed by atoms with Crippen LogP contribution in [0.25, 0.3) is 0 Å². The molecule has 11 heteroatoms. The predicted molar refractivity (Wildman–Crippen MR) is 137 cm³/mol. The molecule has 0 unspecified atom stereocenters. The van der Waals surface area contributed by atoms with Crippen molar-refractivity contribution in [3.63, 3.8) is 0 Å². The number of aliphatic hydroxyl groups excluding tert-OH is 1. The van der Waals surface area contributed by atoms with Gasteiger partial charge in [0.25, 0.3) is 0 Å². The van der Waals surface area contributed by atoms with Crippen LogP contribution in [0.4, 0.5) is 15.0 Å². The molecule has 1 aromatic carbocycles. The lowest BCUT2D eigenvalue weighted by Gasteiger charge is -2.40. The van der Waals surface area contributed by atoms with Crippen molar-refractivity contribution in [2.75, 3.05) is 37.6 Å². The van der Waals surface area contributed by atoms with Crippen molar-refractivity contribution in [1.29, 1.82) is 0 Å². The zero-order chi connectivity index (χ0) is 27.1. The number of benzene rings is 1. The summed E-state index contributed by atoms with van der Waals surface area (Å²) in [7, 11) is 0. The highest BCUT2D eigenvalue weighted by Gasteiger charge is 2.37. The molecule has 2 heterocycles. The van der Waals surface area contributed by atoms with E-state index in [0.29, 0.717) is 43.9 Å². The Labute approximate surface area is 220 Å². The number of aliphatic hydroxyl groups is 1. The van der Waals surface area contributed by atoms with Crippen LogP contribution in [-0.4, -0.2) is 80.2 Å². The van der Waals surface area contributed by atoms with Crippen molar-refractivity contribution in [2.24, 2.45) is 0 Å². The lowest BCUT2D eigenvalue weighted by molar-refractivity contribution is -0.133. The number of rotatable bonds is 5. The molecule has 200 valence electrons. The van der Waals surface area contributed by atoms with Crippen molar-refractivity contribution in [3.8, 4) is 0 Å². The van der Waals surface area contributed by atoms with Gasteiger partial charge >= 0.3 is 6.09 Å². The van der Waals surface area contributed by atoms with E-state index in [-0.39, 0.29) is 23.4 Å². The highest BCUT2D eigenvalue weighted by atomic mass is 35.5. The Morgan fingerprint density at radius 1 is 1.22 bits per heavy atom. The van der Waals surface area contributed by atoms with E-state index in [4.69, 9.17) is 11.6 Å². The Bertz CT molecular complexity index is 1180. The number of carbonyl (C=O) groups excluding carboxylic acids is 1. The van der Waals surface area contributed by atoms with Gasteiger partial charge in [0.15, 0.2) is 0 Å². The maximum atomic E-state index is 14.4. The van der Waals surface area contributed by atoms with Gasteiger partial charge in [0.05, 0.1) is 22.7 Å². The van der Waals surface area contributed by atoms with E-state index in [0.717, 1.165) is 11.4 Å². The lowest BCUT2D eigenvalue weighted by Crippen LogP contribution is -2.53. The number of halogens is 2. The van der Waals surface area contributed by atoms with Crippen LogP contribution in [0, 0.1) is 5.82 Å². The third kappa shape index (κ3) is 5.50. The number of piperazine rings is 1. The summed E-state index contributed by atoms with van der Waals surface area (Å²) in [6, 6.07) is 4.17. The standard InChI is InChI=1S/C26H33ClFN5O4/c1-15-11-20(34)22-21(15)23(30-14-29-22)31-7-9-32(10-8-31)24(35)17(13-33(25(36)37)26(2,3)4)16-5-6-18(27)19(28)12-16/h5-6,12,14-15,17,20,34H,7-11,13H2,1-4H3,(H,36,37)/t15-,17-,20+/m1/s1. The van der Waals surface area contributed by atoms with E-state index in [1.54, 1.807) is 31.7 Å². The molecule has 2 aromatic rings. The minimum Gasteiger partial charge on any atom is -0.465 e. The molecule has 3 atom stereocenters. The summed E-state index contributed by atoms with van der Waals surface area (Å²) in [5.41, 5.74) is 1.23. The number of aromatic nitrogens is 2. The van der Waals surface area contributed by atoms with Gasteiger partial charge in [-0.15, -0.1) is 0 Å².